The molecule has 1 fully saturated rings. The molecule has 0 radical (unpaired) electrons. The molecule has 0 aliphatic carbocycles. The van der Waals surface area contributed by atoms with Gasteiger partial charge in [-0.15, -0.1) is 0 Å². The normalized spacial score (nSPS) is 15.3. The van der Waals surface area contributed by atoms with Crippen LogP contribution in [0, 0.1) is 6.92 Å². The molecule has 31 heavy (non-hydrogen) atoms. The number of carbonyl (C=O) groups excluding carboxylic acids is 1. The molecular weight excluding hydrogens is 426 g/mol. The first-order chi connectivity index (χ1) is 14.9. The second kappa shape index (κ2) is 10.8. The van der Waals surface area contributed by atoms with Crippen molar-refractivity contribution < 1.29 is 14.3 Å². The first-order valence-electron chi connectivity index (χ1n) is 10.6. The van der Waals surface area contributed by atoms with E-state index in [9.17, 15) is 4.79 Å². The zero-order valence-corrected chi connectivity index (χ0v) is 20.1. The third-order valence-electron chi connectivity index (χ3n) is 4.99. The van der Waals surface area contributed by atoms with E-state index in [1.165, 1.54) is 22.9 Å². The van der Waals surface area contributed by atoms with Gasteiger partial charge in [-0.1, -0.05) is 68.2 Å². The third-order valence-corrected chi connectivity index (χ3v) is 6.37. The van der Waals surface area contributed by atoms with E-state index in [1.807, 2.05) is 37.3 Å². The van der Waals surface area contributed by atoms with Crippen LogP contribution in [0.1, 0.15) is 49.8 Å². The van der Waals surface area contributed by atoms with Crippen LogP contribution in [0.5, 0.6) is 11.5 Å². The van der Waals surface area contributed by atoms with Crippen molar-refractivity contribution in [1.29, 1.82) is 0 Å². The van der Waals surface area contributed by atoms with Crippen LogP contribution < -0.4 is 9.47 Å². The molecule has 0 N–H and O–H groups in total. The molecule has 6 heteroatoms. The molecule has 0 aromatic heterocycles. The number of ether oxygens (including phenoxy) is 2. The van der Waals surface area contributed by atoms with Gasteiger partial charge in [-0.2, -0.15) is 0 Å². The second-order valence-corrected chi connectivity index (χ2v) is 9.39. The number of aryl methyl sites for hydroxylation is 1. The van der Waals surface area contributed by atoms with Crippen LogP contribution >= 0.6 is 24.0 Å². The zero-order valence-electron chi connectivity index (χ0n) is 18.5. The lowest BCUT2D eigenvalue weighted by Gasteiger charge is -2.15. The fourth-order valence-corrected chi connectivity index (χ4v) is 4.69. The number of carbonyl (C=O) groups is 1. The van der Waals surface area contributed by atoms with E-state index in [0.717, 1.165) is 23.5 Å². The molecule has 0 unspecified atom stereocenters. The maximum Gasteiger partial charge on any atom is 0.266 e. The molecule has 1 aliphatic heterocycles. The minimum atomic E-state index is -0.0418. The van der Waals surface area contributed by atoms with Crippen LogP contribution in [0.15, 0.2) is 47.4 Å². The summed E-state index contributed by atoms with van der Waals surface area (Å²) < 4.78 is 12.7. The van der Waals surface area contributed by atoms with Crippen molar-refractivity contribution in [2.24, 2.45) is 0 Å². The topological polar surface area (TPSA) is 38.8 Å². The SMILES string of the molecule is CCN1C(=O)C(=Cc2ccccc2OCCCOc2cc(C)ccc2C(C)C)SC1=S. The van der Waals surface area contributed by atoms with Gasteiger partial charge in [0, 0.05) is 18.5 Å². The van der Waals surface area contributed by atoms with Crippen LogP contribution in [0.4, 0.5) is 0 Å². The van der Waals surface area contributed by atoms with Crippen molar-refractivity contribution in [3.8, 4) is 11.5 Å². The standard InChI is InChI=1S/C25H29NO3S2/c1-5-26-24(27)23(31-25(26)30)16-19-9-6-7-10-21(19)28-13-8-14-29-22-15-18(4)11-12-20(22)17(2)3/h6-7,9-12,15-17H,5,8,13-14H2,1-4H3. The Hall–Kier alpha value is -2.31. The third kappa shape index (κ3) is 5.89. The van der Waals surface area contributed by atoms with E-state index in [0.29, 0.717) is 34.9 Å². The Balaban J connectivity index is 1.58. The highest BCUT2D eigenvalue weighted by atomic mass is 32.2. The number of nitrogens with zero attached hydrogens (tertiary/aromatic N) is 1. The van der Waals surface area contributed by atoms with Crippen molar-refractivity contribution in [3.63, 3.8) is 0 Å². The first kappa shape index (κ1) is 23.4. The molecule has 164 valence electrons. The largest absolute Gasteiger partial charge is 0.493 e. The van der Waals surface area contributed by atoms with Gasteiger partial charge in [0.2, 0.25) is 0 Å². The van der Waals surface area contributed by atoms with Gasteiger partial charge in [-0.25, -0.2) is 0 Å². The van der Waals surface area contributed by atoms with Crippen molar-refractivity contribution >= 4 is 40.3 Å². The number of thioether (sulfide) groups is 1. The average Bonchev–Trinajstić information content (AvgIpc) is 3.01. The summed E-state index contributed by atoms with van der Waals surface area (Å²) in [6.07, 6.45) is 2.63. The smallest absolute Gasteiger partial charge is 0.266 e. The fourth-order valence-electron chi connectivity index (χ4n) is 3.31. The lowest BCUT2D eigenvalue weighted by atomic mass is 10.0. The van der Waals surface area contributed by atoms with Gasteiger partial charge in [0.15, 0.2) is 0 Å². The zero-order chi connectivity index (χ0) is 22.4. The molecule has 0 atom stereocenters. The molecule has 1 saturated heterocycles. The summed E-state index contributed by atoms with van der Waals surface area (Å²) in [7, 11) is 0. The van der Waals surface area contributed by atoms with E-state index >= 15 is 0 Å². The van der Waals surface area contributed by atoms with Crippen LogP contribution in [0.2, 0.25) is 0 Å². The minimum absolute atomic E-state index is 0.0418. The highest BCUT2D eigenvalue weighted by Crippen LogP contribution is 2.34. The Kier molecular flexibility index (Phi) is 8.15. The second-order valence-electron chi connectivity index (χ2n) is 7.71. The number of benzene rings is 2. The van der Waals surface area contributed by atoms with Crippen molar-refractivity contribution in [3.05, 3.63) is 64.1 Å². The number of amides is 1. The molecule has 0 bridgehead atoms. The van der Waals surface area contributed by atoms with E-state index < -0.39 is 0 Å². The van der Waals surface area contributed by atoms with Crippen LogP contribution in [0.25, 0.3) is 6.08 Å². The Morgan fingerprint density at radius 2 is 1.81 bits per heavy atom. The van der Waals surface area contributed by atoms with E-state index in [-0.39, 0.29) is 5.91 Å². The van der Waals surface area contributed by atoms with Crippen molar-refractivity contribution in [1.82, 2.24) is 4.90 Å². The molecule has 0 spiro atoms. The fraction of sp³-hybridized carbons (Fsp3) is 0.360. The summed E-state index contributed by atoms with van der Waals surface area (Å²) in [5.74, 6) is 2.08. The summed E-state index contributed by atoms with van der Waals surface area (Å²) >= 11 is 6.63. The minimum Gasteiger partial charge on any atom is -0.493 e. The highest BCUT2D eigenvalue weighted by Gasteiger charge is 2.30. The maximum absolute atomic E-state index is 12.5. The van der Waals surface area contributed by atoms with E-state index in [1.54, 1.807) is 4.90 Å². The number of likely N-dealkylation sites (N-methyl/N-ethyl adjacent to an activating group) is 1. The molecule has 1 heterocycles. The Bertz CT molecular complexity index is 984. The highest BCUT2D eigenvalue weighted by molar-refractivity contribution is 8.26. The van der Waals surface area contributed by atoms with E-state index in [4.69, 9.17) is 21.7 Å². The van der Waals surface area contributed by atoms with Gasteiger partial charge in [-0.3, -0.25) is 9.69 Å². The Morgan fingerprint density at radius 1 is 1.10 bits per heavy atom. The van der Waals surface area contributed by atoms with E-state index in [2.05, 4.69) is 39.0 Å². The summed E-state index contributed by atoms with van der Waals surface area (Å²) in [5, 5.41) is 0. The molecule has 2 aromatic carbocycles. The predicted molar refractivity (Wildman–Crippen MR) is 133 cm³/mol. The van der Waals surface area contributed by atoms with Gasteiger partial charge >= 0.3 is 0 Å². The number of para-hydroxylation sites is 1. The lowest BCUT2D eigenvalue weighted by Crippen LogP contribution is -2.27. The predicted octanol–water partition coefficient (Wildman–Crippen LogP) is 6.19. The van der Waals surface area contributed by atoms with Crippen LogP contribution in [-0.4, -0.2) is 34.9 Å². The molecule has 1 aliphatic rings. The number of hydrogen-bond donors (Lipinski definition) is 0. The van der Waals surface area contributed by atoms with Gasteiger partial charge in [-0.05, 0) is 49.1 Å². The summed E-state index contributed by atoms with van der Waals surface area (Å²) in [6, 6.07) is 14.1. The number of rotatable bonds is 9. The lowest BCUT2D eigenvalue weighted by molar-refractivity contribution is -0.121. The maximum atomic E-state index is 12.5. The van der Waals surface area contributed by atoms with Crippen molar-refractivity contribution in [2.75, 3.05) is 19.8 Å². The Morgan fingerprint density at radius 3 is 2.48 bits per heavy atom. The van der Waals surface area contributed by atoms with Crippen LogP contribution in [0.3, 0.4) is 0 Å². The molecule has 0 saturated carbocycles. The summed E-state index contributed by atoms with van der Waals surface area (Å²) in [6.45, 7) is 10.0. The van der Waals surface area contributed by atoms with Gasteiger partial charge < -0.3 is 9.47 Å². The molecule has 4 nitrogen and oxygen atoms in total. The first-order valence-corrected chi connectivity index (χ1v) is 11.8. The molecule has 2 aromatic rings. The van der Waals surface area contributed by atoms with Crippen LogP contribution in [-0.2, 0) is 4.79 Å². The molecule has 1 amide bonds. The summed E-state index contributed by atoms with van der Waals surface area (Å²) in [4.78, 5) is 14.7. The number of thiocarbonyl (C=S) groups is 1. The monoisotopic (exact) mass is 455 g/mol. The number of hydrogen-bond acceptors (Lipinski definition) is 5. The average molecular weight is 456 g/mol. The van der Waals surface area contributed by atoms with Gasteiger partial charge in [0.1, 0.15) is 15.8 Å². The van der Waals surface area contributed by atoms with Gasteiger partial charge in [0.25, 0.3) is 5.91 Å². The van der Waals surface area contributed by atoms with Gasteiger partial charge in [0.05, 0.1) is 18.1 Å². The quantitative estimate of drug-likeness (QED) is 0.256. The van der Waals surface area contributed by atoms with Crippen molar-refractivity contribution in [2.45, 2.75) is 40.0 Å². The Labute approximate surface area is 194 Å². The summed E-state index contributed by atoms with van der Waals surface area (Å²) in [5.41, 5.74) is 3.29. The molecule has 3 rings (SSSR count). The molecular formula is C25H29NO3S2.